The Morgan fingerprint density at radius 3 is 2.33 bits per heavy atom. The maximum Gasteiger partial charge on any atom is 0.433 e. The van der Waals surface area contributed by atoms with Crippen LogP contribution in [0.3, 0.4) is 0 Å². The standard InChI is InChI=1S/C15H15F3N2O/c1-10(2)14-19-12(15(16,17)18)8-13(20-14)21-9-11-6-4-3-5-7-11/h3-8,10H,9H2,1-2H3. The molecule has 1 aromatic carbocycles. The Morgan fingerprint density at radius 1 is 1.10 bits per heavy atom. The van der Waals surface area contributed by atoms with Crippen molar-refractivity contribution in [3.63, 3.8) is 0 Å². The highest BCUT2D eigenvalue weighted by Gasteiger charge is 2.34. The van der Waals surface area contributed by atoms with Gasteiger partial charge >= 0.3 is 6.18 Å². The van der Waals surface area contributed by atoms with Crippen LogP contribution in [0.4, 0.5) is 13.2 Å². The lowest BCUT2D eigenvalue weighted by molar-refractivity contribution is -0.141. The van der Waals surface area contributed by atoms with Gasteiger partial charge in [0.2, 0.25) is 5.88 Å². The average molecular weight is 296 g/mol. The number of hydrogen-bond acceptors (Lipinski definition) is 3. The summed E-state index contributed by atoms with van der Waals surface area (Å²) in [6.07, 6.45) is -4.52. The second-order valence-electron chi connectivity index (χ2n) is 4.88. The van der Waals surface area contributed by atoms with Gasteiger partial charge in [-0.2, -0.15) is 18.2 Å². The molecule has 0 aliphatic carbocycles. The number of ether oxygens (including phenoxy) is 1. The van der Waals surface area contributed by atoms with Gasteiger partial charge in [0.1, 0.15) is 12.4 Å². The van der Waals surface area contributed by atoms with Crippen LogP contribution < -0.4 is 4.74 Å². The highest BCUT2D eigenvalue weighted by molar-refractivity contribution is 5.21. The Hall–Kier alpha value is -2.11. The van der Waals surface area contributed by atoms with Crippen LogP contribution >= 0.6 is 0 Å². The number of halogens is 3. The van der Waals surface area contributed by atoms with E-state index >= 15 is 0 Å². The molecule has 1 heterocycles. The fourth-order valence-electron chi connectivity index (χ4n) is 1.65. The third kappa shape index (κ3) is 4.18. The van der Waals surface area contributed by atoms with E-state index in [1.165, 1.54) is 0 Å². The minimum atomic E-state index is -4.52. The number of rotatable bonds is 4. The van der Waals surface area contributed by atoms with E-state index in [4.69, 9.17) is 4.74 Å². The minimum Gasteiger partial charge on any atom is -0.473 e. The van der Waals surface area contributed by atoms with Crippen molar-refractivity contribution in [2.75, 3.05) is 0 Å². The van der Waals surface area contributed by atoms with Crippen molar-refractivity contribution < 1.29 is 17.9 Å². The molecular weight excluding hydrogens is 281 g/mol. The zero-order chi connectivity index (χ0) is 15.5. The van der Waals surface area contributed by atoms with Gasteiger partial charge in [0.05, 0.1) is 0 Å². The van der Waals surface area contributed by atoms with Gasteiger partial charge in [-0.3, -0.25) is 0 Å². The SMILES string of the molecule is CC(C)c1nc(OCc2ccccc2)cc(C(F)(F)F)n1. The maximum absolute atomic E-state index is 12.8. The van der Waals surface area contributed by atoms with Crippen molar-refractivity contribution in [3.8, 4) is 5.88 Å². The average Bonchev–Trinajstić information content (AvgIpc) is 2.45. The van der Waals surface area contributed by atoms with Gasteiger partial charge in [-0.15, -0.1) is 0 Å². The highest BCUT2D eigenvalue weighted by Crippen LogP contribution is 2.30. The van der Waals surface area contributed by atoms with Crippen LogP contribution in [0.25, 0.3) is 0 Å². The molecule has 0 saturated heterocycles. The Morgan fingerprint density at radius 2 is 1.76 bits per heavy atom. The first-order valence-electron chi connectivity index (χ1n) is 6.49. The summed E-state index contributed by atoms with van der Waals surface area (Å²) in [6, 6.07) is 10.0. The van der Waals surface area contributed by atoms with Crippen molar-refractivity contribution in [1.29, 1.82) is 0 Å². The molecule has 21 heavy (non-hydrogen) atoms. The van der Waals surface area contributed by atoms with E-state index in [-0.39, 0.29) is 24.2 Å². The van der Waals surface area contributed by atoms with E-state index in [0.29, 0.717) is 0 Å². The first kappa shape index (κ1) is 15.3. The molecule has 0 unspecified atom stereocenters. The zero-order valence-electron chi connectivity index (χ0n) is 11.7. The summed E-state index contributed by atoms with van der Waals surface area (Å²) in [5.41, 5.74) is -0.125. The molecule has 3 nitrogen and oxygen atoms in total. The van der Waals surface area contributed by atoms with Gasteiger partial charge in [-0.1, -0.05) is 44.2 Å². The Balaban J connectivity index is 2.24. The number of alkyl halides is 3. The number of hydrogen-bond donors (Lipinski definition) is 0. The summed E-state index contributed by atoms with van der Waals surface area (Å²) in [5, 5.41) is 0. The van der Waals surface area contributed by atoms with Crippen molar-refractivity contribution in [3.05, 3.63) is 53.5 Å². The summed E-state index contributed by atoms with van der Waals surface area (Å²) in [4.78, 5) is 7.57. The molecule has 0 saturated carbocycles. The molecule has 0 amide bonds. The molecule has 112 valence electrons. The first-order chi connectivity index (χ1) is 9.86. The molecule has 6 heteroatoms. The lowest BCUT2D eigenvalue weighted by Crippen LogP contribution is -2.13. The Labute approximate surface area is 120 Å². The molecule has 2 aromatic rings. The van der Waals surface area contributed by atoms with Gasteiger partial charge in [0.25, 0.3) is 0 Å². The molecule has 0 fully saturated rings. The Kier molecular flexibility index (Phi) is 4.45. The second kappa shape index (κ2) is 6.11. The lowest BCUT2D eigenvalue weighted by atomic mass is 10.2. The van der Waals surface area contributed by atoms with E-state index in [0.717, 1.165) is 11.6 Å². The largest absolute Gasteiger partial charge is 0.473 e. The van der Waals surface area contributed by atoms with E-state index in [1.54, 1.807) is 13.8 Å². The summed E-state index contributed by atoms with van der Waals surface area (Å²) < 4.78 is 43.9. The third-order valence-electron chi connectivity index (χ3n) is 2.76. The predicted molar refractivity (Wildman–Crippen MR) is 71.9 cm³/mol. The van der Waals surface area contributed by atoms with Crippen LogP contribution in [0, 0.1) is 0 Å². The van der Waals surface area contributed by atoms with Gasteiger partial charge in [0, 0.05) is 12.0 Å². The molecule has 0 aliphatic rings. The van der Waals surface area contributed by atoms with Gasteiger partial charge in [-0.25, -0.2) is 4.98 Å². The summed E-state index contributed by atoms with van der Waals surface area (Å²) in [6.45, 7) is 3.62. The van der Waals surface area contributed by atoms with Crippen LogP contribution in [0.2, 0.25) is 0 Å². The van der Waals surface area contributed by atoms with Crippen LogP contribution in [0.1, 0.15) is 36.8 Å². The fourth-order valence-corrected chi connectivity index (χ4v) is 1.65. The molecule has 0 atom stereocenters. The first-order valence-corrected chi connectivity index (χ1v) is 6.49. The van der Waals surface area contributed by atoms with Crippen LogP contribution in [-0.4, -0.2) is 9.97 Å². The monoisotopic (exact) mass is 296 g/mol. The zero-order valence-corrected chi connectivity index (χ0v) is 11.7. The van der Waals surface area contributed by atoms with Gasteiger partial charge in [0.15, 0.2) is 5.69 Å². The number of nitrogens with zero attached hydrogens (tertiary/aromatic N) is 2. The topological polar surface area (TPSA) is 35.0 Å². The summed E-state index contributed by atoms with van der Waals surface area (Å²) in [7, 11) is 0. The van der Waals surface area contributed by atoms with E-state index in [2.05, 4.69) is 9.97 Å². The second-order valence-corrected chi connectivity index (χ2v) is 4.88. The van der Waals surface area contributed by atoms with E-state index in [1.807, 2.05) is 30.3 Å². The smallest absolute Gasteiger partial charge is 0.433 e. The molecule has 0 N–H and O–H groups in total. The molecule has 2 rings (SSSR count). The molecule has 1 aromatic heterocycles. The van der Waals surface area contributed by atoms with E-state index < -0.39 is 11.9 Å². The maximum atomic E-state index is 12.8. The Bertz CT molecular complexity index is 598. The van der Waals surface area contributed by atoms with Gasteiger partial charge < -0.3 is 4.74 Å². The van der Waals surface area contributed by atoms with Crippen molar-refractivity contribution in [1.82, 2.24) is 9.97 Å². The highest BCUT2D eigenvalue weighted by atomic mass is 19.4. The number of benzene rings is 1. The molecule has 0 aliphatic heterocycles. The summed E-state index contributed by atoms with van der Waals surface area (Å²) >= 11 is 0. The van der Waals surface area contributed by atoms with Crippen molar-refractivity contribution in [2.45, 2.75) is 32.5 Å². The van der Waals surface area contributed by atoms with Crippen LogP contribution in [-0.2, 0) is 12.8 Å². The number of aromatic nitrogens is 2. The summed E-state index contributed by atoms with van der Waals surface area (Å²) in [5.74, 6) is -0.163. The van der Waals surface area contributed by atoms with Crippen molar-refractivity contribution in [2.24, 2.45) is 0 Å². The molecule has 0 radical (unpaired) electrons. The third-order valence-corrected chi connectivity index (χ3v) is 2.76. The quantitative estimate of drug-likeness (QED) is 0.848. The van der Waals surface area contributed by atoms with Crippen LogP contribution in [0.15, 0.2) is 36.4 Å². The lowest BCUT2D eigenvalue weighted by Gasteiger charge is -2.12. The van der Waals surface area contributed by atoms with Crippen molar-refractivity contribution >= 4 is 0 Å². The molecule has 0 bridgehead atoms. The molecular formula is C15H15F3N2O. The minimum absolute atomic E-state index is 0.0649. The van der Waals surface area contributed by atoms with E-state index in [9.17, 15) is 13.2 Å². The predicted octanol–water partition coefficient (Wildman–Crippen LogP) is 4.20. The van der Waals surface area contributed by atoms with Gasteiger partial charge in [-0.05, 0) is 5.56 Å². The van der Waals surface area contributed by atoms with Crippen LogP contribution in [0.5, 0.6) is 5.88 Å². The fraction of sp³-hybridized carbons (Fsp3) is 0.333. The normalized spacial score (nSPS) is 11.7. The molecule has 0 spiro atoms.